The average molecular weight is 694 g/mol. The lowest BCUT2D eigenvalue weighted by molar-refractivity contribution is 0.660. The summed E-state index contributed by atoms with van der Waals surface area (Å²) in [6, 6.07) is 58.8. The Hall–Kier alpha value is -6.45. The lowest BCUT2D eigenvalue weighted by Crippen LogP contribution is -2.14. The highest BCUT2D eigenvalue weighted by Gasteiger charge is 2.36. The fourth-order valence-electron chi connectivity index (χ4n) is 8.83. The monoisotopic (exact) mass is 693 g/mol. The minimum absolute atomic E-state index is 0.0833. The van der Waals surface area contributed by atoms with E-state index >= 15 is 0 Å². The third-order valence-electron chi connectivity index (χ3n) is 11.7. The van der Waals surface area contributed by atoms with Gasteiger partial charge < -0.3 is 0 Å². The summed E-state index contributed by atoms with van der Waals surface area (Å²) in [6.07, 6.45) is 0. The summed E-state index contributed by atoms with van der Waals surface area (Å²) in [5.74, 6) is 1.97. The van der Waals surface area contributed by atoms with E-state index in [0.29, 0.717) is 17.5 Å². The maximum Gasteiger partial charge on any atom is 0.164 e. The maximum absolute atomic E-state index is 5.30. The number of hydrogen-bond donors (Lipinski definition) is 0. The lowest BCUT2D eigenvalue weighted by atomic mass is 9.82. The van der Waals surface area contributed by atoms with Crippen molar-refractivity contribution in [2.75, 3.05) is 0 Å². The number of fused-ring (bicyclic) bond motifs is 6. The standard InChI is InChI=1S/C51H39N3/c1-50(2)43-21-13-11-19-39(43)41-30-34(23-25-45(41)50)47-52-48(35-24-26-46-42(31-35)40-20-12-14-22-44(40)51(46,3)4)54-49(53-47)38-28-36(32-15-7-5-8-16-32)27-37(29-38)33-17-9-6-10-18-33/h5-31H,1-4H3. The summed E-state index contributed by atoms with van der Waals surface area (Å²) in [4.78, 5) is 15.9. The van der Waals surface area contributed by atoms with E-state index in [9.17, 15) is 0 Å². The quantitative estimate of drug-likeness (QED) is 0.180. The summed E-state index contributed by atoms with van der Waals surface area (Å²) in [5, 5.41) is 0. The zero-order valence-electron chi connectivity index (χ0n) is 30.9. The Bertz CT molecular complexity index is 2580. The highest BCUT2D eigenvalue weighted by atomic mass is 15.0. The molecule has 0 saturated carbocycles. The molecule has 3 heteroatoms. The molecule has 0 radical (unpaired) electrons. The van der Waals surface area contributed by atoms with Crippen LogP contribution in [0.4, 0.5) is 0 Å². The molecular formula is C51H39N3. The molecule has 0 bridgehead atoms. The van der Waals surface area contributed by atoms with Gasteiger partial charge in [-0.05, 0) is 97.1 Å². The number of aromatic nitrogens is 3. The number of nitrogens with zero attached hydrogens (tertiary/aromatic N) is 3. The first-order valence-electron chi connectivity index (χ1n) is 18.8. The Labute approximate surface area is 317 Å². The predicted molar refractivity (Wildman–Crippen MR) is 222 cm³/mol. The first-order chi connectivity index (χ1) is 26.3. The van der Waals surface area contributed by atoms with E-state index in [1.807, 2.05) is 0 Å². The molecule has 2 aliphatic rings. The summed E-state index contributed by atoms with van der Waals surface area (Å²) in [5.41, 5.74) is 17.6. The van der Waals surface area contributed by atoms with Gasteiger partial charge in [-0.3, -0.25) is 0 Å². The van der Waals surface area contributed by atoms with Gasteiger partial charge >= 0.3 is 0 Å². The molecule has 0 atom stereocenters. The van der Waals surface area contributed by atoms with E-state index in [1.54, 1.807) is 0 Å². The average Bonchev–Trinajstić information content (AvgIpc) is 3.60. The molecule has 0 spiro atoms. The molecule has 3 nitrogen and oxygen atoms in total. The van der Waals surface area contributed by atoms with E-state index < -0.39 is 0 Å². The molecule has 10 rings (SSSR count). The summed E-state index contributed by atoms with van der Waals surface area (Å²) in [6.45, 7) is 9.25. The minimum atomic E-state index is -0.0833. The van der Waals surface area contributed by atoms with Crippen LogP contribution in [0.15, 0.2) is 164 Å². The molecule has 0 unspecified atom stereocenters. The third kappa shape index (κ3) is 5.07. The number of hydrogen-bond acceptors (Lipinski definition) is 3. The third-order valence-corrected chi connectivity index (χ3v) is 11.7. The zero-order valence-corrected chi connectivity index (χ0v) is 30.9. The number of benzene rings is 7. The van der Waals surface area contributed by atoms with Crippen molar-refractivity contribution in [3.05, 3.63) is 186 Å². The van der Waals surface area contributed by atoms with Crippen LogP contribution in [0.2, 0.25) is 0 Å². The summed E-state index contributed by atoms with van der Waals surface area (Å²) in [7, 11) is 0. The Morgan fingerprint density at radius 1 is 0.278 bits per heavy atom. The van der Waals surface area contributed by atoms with Gasteiger partial charge in [0.1, 0.15) is 0 Å². The highest BCUT2D eigenvalue weighted by Crippen LogP contribution is 2.51. The molecule has 0 N–H and O–H groups in total. The second-order valence-corrected chi connectivity index (χ2v) is 15.7. The van der Waals surface area contributed by atoms with Crippen molar-refractivity contribution in [2.45, 2.75) is 38.5 Å². The van der Waals surface area contributed by atoms with Crippen LogP contribution in [-0.2, 0) is 10.8 Å². The van der Waals surface area contributed by atoms with Crippen LogP contribution in [0.1, 0.15) is 49.9 Å². The second-order valence-electron chi connectivity index (χ2n) is 15.7. The second kappa shape index (κ2) is 12.0. The van der Waals surface area contributed by atoms with Crippen molar-refractivity contribution >= 4 is 0 Å². The largest absolute Gasteiger partial charge is 0.208 e. The molecule has 0 amide bonds. The molecule has 1 heterocycles. The molecule has 0 aliphatic heterocycles. The SMILES string of the molecule is CC1(C)c2ccccc2-c2cc(-c3nc(-c4cc(-c5ccccc5)cc(-c5ccccc5)c4)nc(-c4ccc5c(c4)-c4ccccc4C5(C)C)n3)ccc21. The van der Waals surface area contributed by atoms with Gasteiger partial charge in [0.25, 0.3) is 0 Å². The first kappa shape index (κ1) is 32.2. The van der Waals surface area contributed by atoms with Gasteiger partial charge in [-0.15, -0.1) is 0 Å². The molecule has 2 aliphatic carbocycles. The van der Waals surface area contributed by atoms with Crippen molar-refractivity contribution in [3.63, 3.8) is 0 Å². The fourth-order valence-corrected chi connectivity index (χ4v) is 8.83. The van der Waals surface area contributed by atoms with Crippen LogP contribution >= 0.6 is 0 Å². The molecule has 54 heavy (non-hydrogen) atoms. The van der Waals surface area contributed by atoms with Crippen molar-refractivity contribution in [3.8, 4) is 78.7 Å². The Morgan fingerprint density at radius 3 is 1.07 bits per heavy atom. The fraction of sp³-hybridized carbons (Fsp3) is 0.118. The lowest BCUT2D eigenvalue weighted by Gasteiger charge is -2.21. The van der Waals surface area contributed by atoms with Gasteiger partial charge in [0.2, 0.25) is 0 Å². The molecular weight excluding hydrogens is 655 g/mol. The Balaban J connectivity index is 1.20. The van der Waals surface area contributed by atoms with E-state index in [0.717, 1.165) is 38.9 Å². The van der Waals surface area contributed by atoms with Gasteiger partial charge in [-0.1, -0.05) is 161 Å². The molecule has 7 aromatic carbocycles. The first-order valence-corrected chi connectivity index (χ1v) is 18.8. The van der Waals surface area contributed by atoms with Gasteiger partial charge in [0.15, 0.2) is 17.5 Å². The molecule has 258 valence electrons. The van der Waals surface area contributed by atoms with E-state index in [1.165, 1.54) is 44.5 Å². The van der Waals surface area contributed by atoms with Crippen molar-refractivity contribution in [1.82, 2.24) is 15.0 Å². The predicted octanol–water partition coefficient (Wildman–Crippen LogP) is 12.8. The van der Waals surface area contributed by atoms with Crippen molar-refractivity contribution < 1.29 is 0 Å². The topological polar surface area (TPSA) is 38.7 Å². The van der Waals surface area contributed by atoms with E-state index in [4.69, 9.17) is 15.0 Å². The Kier molecular flexibility index (Phi) is 7.19. The minimum Gasteiger partial charge on any atom is -0.208 e. The highest BCUT2D eigenvalue weighted by molar-refractivity contribution is 5.86. The van der Waals surface area contributed by atoms with E-state index in [2.05, 4.69) is 191 Å². The van der Waals surface area contributed by atoms with Gasteiger partial charge in [0.05, 0.1) is 0 Å². The number of rotatable bonds is 5. The van der Waals surface area contributed by atoms with E-state index in [-0.39, 0.29) is 10.8 Å². The van der Waals surface area contributed by atoms with Crippen molar-refractivity contribution in [2.24, 2.45) is 0 Å². The molecule has 8 aromatic rings. The maximum atomic E-state index is 5.30. The molecule has 0 saturated heterocycles. The van der Waals surface area contributed by atoms with Crippen LogP contribution < -0.4 is 0 Å². The van der Waals surface area contributed by atoms with Crippen molar-refractivity contribution in [1.29, 1.82) is 0 Å². The van der Waals surface area contributed by atoms with Crippen LogP contribution in [0.5, 0.6) is 0 Å². The summed E-state index contributed by atoms with van der Waals surface area (Å²) >= 11 is 0. The van der Waals surface area contributed by atoms with Crippen LogP contribution in [0, 0.1) is 0 Å². The molecule has 1 aromatic heterocycles. The summed E-state index contributed by atoms with van der Waals surface area (Å²) < 4.78 is 0. The van der Waals surface area contributed by atoms with Crippen LogP contribution in [-0.4, -0.2) is 15.0 Å². The smallest absolute Gasteiger partial charge is 0.164 e. The van der Waals surface area contributed by atoms with Gasteiger partial charge in [-0.2, -0.15) is 0 Å². The normalized spacial score (nSPS) is 14.2. The molecule has 0 fully saturated rings. The van der Waals surface area contributed by atoms with Crippen LogP contribution in [0.25, 0.3) is 78.7 Å². The van der Waals surface area contributed by atoms with Gasteiger partial charge in [0, 0.05) is 27.5 Å². The van der Waals surface area contributed by atoms with Gasteiger partial charge in [-0.25, -0.2) is 15.0 Å². The van der Waals surface area contributed by atoms with Crippen LogP contribution in [0.3, 0.4) is 0 Å². The zero-order chi connectivity index (χ0) is 36.6. The Morgan fingerprint density at radius 2 is 0.630 bits per heavy atom.